The highest BCUT2D eigenvalue weighted by Gasteiger charge is 2.23. The number of anilines is 1. The Morgan fingerprint density at radius 2 is 2.00 bits per heavy atom. The van der Waals surface area contributed by atoms with Crippen LogP contribution in [0.5, 0.6) is 5.75 Å². The van der Waals surface area contributed by atoms with Crippen molar-refractivity contribution in [2.45, 2.75) is 45.2 Å². The molecule has 2 aromatic rings. The molecule has 0 radical (unpaired) electrons. The van der Waals surface area contributed by atoms with E-state index in [1.54, 1.807) is 19.2 Å². The summed E-state index contributed by atoms with van der Waals surface area (Å²) >= 11 is 1.27. The number of benzene rings is 1. The summed E-state index contributed by atoms with van der Waals surface area (Å²) in [7, 11) is -2.52. The van der Waals surface area contributed by atoms with Crippen molar-refractivity contribution in [3.8, 4) is 5.75 Å². The van der Waals surface area contributed by atoms with Gasteiger partial charge in [-0.05, 0) is 39.0 Å². The van der Waals surface area contributed by atoms with Gasteiger partial charge in [0.15, 0.2) is 5.13 Å². The first-order chi connectivity index (χ1) is 14.1. The molecular weight excluding hydrogens is 430 g/mol. The predicted octanol–water partition coefficient (Wildman–Crippen LogP) is 2.57. The van der Waals surface area contributed by atoms with Crippen molar-refractivity contribution in [1.29, 1.82) is 0 Å². The van der Waals surface area contributed by atoms with Crippen molar-refractivity contribution in [1.82, 2.24) is 9.71 Å². The number of carbonyl (C=O) groups excluding carboxylic acids is 2. The quantitative estimate of drug-likeness (QED) is 0.578. The summed E-state index contributed by atoms with van der Waals surface area (Å²) in [5.41, 5.74) is 0.556. The van der Waals surface area contributed by atoms with E-state index in [1.165, 1.54) is 48.5 Å². The van der Waals surface area contributed by atoms with Crippen molar-refractivity contribution in [2.24, 2.45) is 0 Å². The molecule has 1 amide bonds. The van der Waals surface area contributed by atoms with E-state index in [-0.39, 0.29) is 34.8 Å². The number of nitrogens with one attached hydrogen (secondary N) is 1. The summed E-state index contributed by atoms with van der Waals surface area (Å²) in [6.07, 6.45) is 0. The Morgan fingerprint density at radius 3 is 2.57 bits per heavy atom. The molecule has 11 heteroatoms. The van der Waals surface area contributed by atoms with Crippen LogP contribution in [0.2, 0.25) is 0 Å². The van der Waals surface area contributed by atoms with Crippen LogP contribution in [0, 0.1) is 0 Å². The zero-order chi connectivity index (χ0) is 22.5. The van der Waals surface area contributed by atoms with Gasteiger partial charge in [-0.3, -0.25) is 9.69 Å². The van der Waals surface area contributed by atoms with Crippen LogP contribution in [-0.4, -0.2) is 45.0 Å². The summed E-state index contributed by atoms with van der Waals surface area (Å²) in [5, 5.41) is 2.22. The minimum absolute atomic E-state index is 0.0642. The maximum Gasteiger partial charge on any atom is 0.338 e. The molecule has 0 saturated heterocycles. The third-order valence-electron chi connectivity index (χ3n) is 3.90. The van der Waals surface area contributed by atoms with Gasteiger partial charge in [0.2, 0.25) is 15.9 Å². The molecule has 0 aliphatic heterocycles. The third kappa shape index (κ3) is 5.77. The molecule has 0 aliphatic rings. The number of sulfonamides is 1. The molecule has 30 heavy (non-hydrogen) atoms. The number of aromatic nitrogens is 1. The molecule has 0 atom stereocenters. The van der Waals surface area contributed by atoms with Gasteiger partial charge in [-0.1, -0.05) is 0 Å². The van der Waals surface area contributed by atoms with Gasteiger partial charge in [0.05, 0.1) is 18.4 Å². The number of nitrogens with zero attached hydrogens (tertiary/aromatic N) is 2. The summed E-state index contributed by atoms with van der Waals surface area (Å²) < 4.78 is 37.9. The number of rotatable bonds is 9. The Kier molecular flexibility index (Phi) is 7.93. The molecule has 9 nitrogen and oxygen atoms in total. The van der Waals surface area contributed by atoms with E-state index >= 15 is 0 Å². The van der Waals surface area contributed by atoms with Crippen molar-refractivity contribution in [3.63, 3.8) is 0 Å². The second-order valence-electron chi connectivity index (χ2n) is 6.60. The molecule has 0 fully saturated rings. The Hall–Kier alpha value is -2.50. The zero-order valence-corrected chi connectivity index (χ0v) is 19.1. The summed E-state index contributed by atoms with van der Waals surface area (Å²) in [4.78, 5) is 29.7. The molecule has 0 bridgehead atoms. The van der Waals surface area contributed by atoms with Crippen LogP contribution in [-0.2, 0) is 26.2 Å². The molecule has 1 N–H and O–H groups in total. The molecule has 0 unspecified atom stereocenters. The van der Waals surface area contributed by atoms with Crippen molar-refractivity contribution >= 4 is 38.4 Å². The number of ether oxygens (including phenoxy) is 2. The highest BCUT2D eigenvalue weighted by molar-refractivity contribution is 7.89. The maximum atomic E-state index is 12.5. The second kappa shape index (κ2) is 10.0. The zero-order valence-electron chi connectivity index (χ0n) is 17.5. The van der Waals surface area contributed by atoms with Gasteiger partial charge in [0.25, 0.3) is 0 Å². The van der Waals surface area contributed by atoms with Crippen molar-refractivity contribution < 1.29 is 27.5 Å². The van der Waals surface area contributed by atoms with E-state index in [0.717, 1.165) is 0 Å². The summed E-state index contributed by atoms with van der Waals surface area (Å²) in [6, 6.07) is 3.72. The number of amides is 1. The highest BCUT2D eigenvalue weighted by atomic mass is 32.2. The van der Waals surface area contributed by atoms with E-state index in [0.29, 0.717) is 17.4 Å². The largest absolute Gasteiger partial charge is 0.495 e. The van der Waals surface area contributed by atoms with Gasteiger partial charge in [-0.25, -0.2) is 22.9 Å². The minimum atomic E-state index is -3.87. The monoisotopic (exact) mass is 455 g/mol. The Labute approximate surface area is 180 Å². The van der Waals surface area contributed by atoms with Crippen LogP contribution in [0.4, 0.5) is 5.13 Å². The second-order valence-corrected chi connectivity index (χ2v) is 9.12. The smallest absolute Gasteiger partial charge is 0.338 e. The van der Waals surface area contributed by atoms with Crippen LogP contribution in [0.3, 0.4) is 0 Å². The number of carbonyl (C=O) groups is 2. The van der Waals surface area contributed by atoms with Gasteiger partial charge in [-0.2, -0.15) is 0 Å². The van der Waals surface area contributed by atoms with E-state index in [9.17, 15) is 18.0 Å². The number of methoxy groups -OCH3 is 1. The predicted molar refractivity (Wildman–Crippen MR) is 113 cm³/mol. The fraction of sp³-hybridized carbons (Fsp3) is 0.421. The van der Waals surface area contributed by atoms with Gasteiger partial charge in [0.1, 0.15) is 17.3 Å². The first-order valence-corrected chi connectivity index (χ1v) is 11.5. The van der Waals surface area contributed by atoms with Crippen LogP contribution in [0.25, 0.3) is 0 Å². The lowest BCUT2D eigenvalue weighted by Crippen LogP contribution is -2.30. The van der Waals surface area contributed by atoms with Gasteiger partial charge in [0, 0.05) is 24.9 Å². The van der Waals surface area contributed by atoms with Crippen LogP contribution in [0.1, 0.15) is 43.7 Å². The van der Waals surface area contributed by atoms with E-state index in [1.807, 2.05) is 6.92 Å². The molecule has 0 saturated carbocycles. The standard InChI is InChI=1S/C19H25N3O6S2/c1-6-22(13(4)23)19-20-15(11-29-19)10-28-18(24)14-7-8-16(27-5)17(9-14)30(25,26)21-12(2)3/h7-9,11-12,21H,6,10H2,1-5H3. The SMILES string of the molecule is CCN(C(C)=O)c1nc(COC(=O)c2ccc(OC)c(S(=O)(=O)NC(C)C)c2)cs1. The van der Waals surface area contributed by atoms with Crippen LogP contribution in [0.15, 0.2) is 28.5 Å². The molecule has 1 heterocycles. The molecule has 1 aromatic carbocycles. The van der Waals surface area contributed by atoms with Crippen molar-refractivity contribution in [2.75, 3.05) is 18.6 Å². The van der Waals surface area contributed by atoms with Crippen molar-refractivity contribution in [3.05, 3.63) is 34.8 Å². The summed E-state index contributed by atoms with van der Waals surface area (Å²) in [5.74, 6) is -0.711. The van der Waals surface area contributed by atoms with Crippen LogP contribution < -0.4 is 14.4 Å². The Morgan fingerprint density at radius 1 is 1.30 bits per heavy atom. The molecular formula is C19H25N3O6S2. The molecule has 2 rings (SSSR count). The maximum absolute atomic E-state index is 12.5. The highest BCUT2D eigenvalue weighted by Crippen LogP contribution is 2.26. The van der Waals surface area contributed by atoms with E-state index in [2.05, 4.69) is 9.71 Å². The lowest BCUT2D eigenvalue weighted by Gasteiger charge is -2.14. The number of esters is 1. The van der Waals surface area contributed by atoms with E-state index < -0.39 is 16.0 Å². The fourth-order valence-corrected chi connectivity index (χ4v) is 4.95. The van der Waals surface area contributed by atoms with Gasteiger partial charge >= 0.3 is 5.97 Å². The molecule has 0 spiro atoms. The number of hydrogen-bond donors (Lipinski definition) is 1. The lowest BCUT2D eigenvalue weighted by molar-refractivity contribution is -0.116. The average Bonchev–Trinajstić information content (AvgIpc) is 3.13. The number of thiazole rings is 1. The Balaban J connectivity index is 2.17. The molecule has 164 valence electrons. The third-order valence-corrected chi connectivity index (χ3v) is 6.49. The normalized spacial score (nSPS) is 11.4. The first-order valence-electron chi connectivity index (χ1n) is 9.19. The minimum Gasteiger partial charge on any atom is -0.495 e. The van der Waals surface area contributed by atoms with Crippen LogP contribution >= 0.6 is 11.3 Å². The summed E-state index contributed by atoms with van der Waals surface area (Å²) in [6.45, 7) is 7.05. The molecule has 1 aromatic heterocycles. The first kappa shape index (κ1) is 23.8. The lowest BCUT2D eigenvalue weighted by atomic mass is 10.2. The Bertz CT molecular complexity index is 1020. The van der Waals surface area contributed by atoms with Gasteiger partial charge < -0.3 is 9.47 Å². The average molecular weight is 456 g/mol. The topological polar surface area (TPSA) is 115 Å². The molecule has 0 aliphatic carbocycles. The fourth-order valence-electron chi connectivity index (χ4n) is 2.59. The van der Waals surface area contributed by atoms with Gasteiger partial charge in [-0.15, -0.1) is 11.3 Å². The van der Waals surface area contributed by atoms with E-state index in [4.69, 9.17) is 9.47 Å². The number of hydrogen-bond acceptors (Lipinski definition) is 8.